The van der Waals surface area contributed by atoms with Crippen LogP contribution in [0.1, 0.15) is 37.4 Å². The van der Waals surface area contributed by atoms with E-state index >= 15 is 0 Å². The van der Waals surface area contributed by atoms with Gasteiger partial charge in [0.1, 0.15) is 0 Å². The average Bonchev–Trinajstić information content (AvgIpc) is 2.43. The van der Waals surface area contributed by atoms with Crippen LogP contribution in [-0.4, -0.2) is 36.0 Å². The number of nitrogens with one attached hydrogen (secondary N) is 1. The van der Waals surface area contributed by atoms with E-state index in [-0.39, 0.29) is 24.0 Å². The molecule has 1 saturated heterocycles. The lowest BCUT2D eigenvalue weighted by atomic mass is 9.93. The molecule has 3 atom stereocenters. The van der Waals surface area contributed by atoms with Crippen LogP contribution in [0, 0.1) is 6.92 Å². The van der Waals surface area contributed by atoms with Crippen LogP contribution in [0.3, 0.4) is 0 Å². The smallest absolute Gasteiger partial charge is 0.237 e. The fourth-order valence-corrected chi connectivity index (χ4v) is 2.94. The summed E-state index contributed by atoms with van der Waals surface area (Å²) in [6, 6.07) is 8.45. The summed E-state index contributed by atoms with van der Waals surface area (Å²) in [5.41, 5.74) is 8.80. The molecule has 20 heavy (non-hydrogen) atoms. The number of aryl methyl sites for hydroxylation is 1. The fourth-order valence-electron chi connectivity index (χ4n) is 2.94. The molecule has 1 fully saturated rings. The number of hydrogen-bond donors (Lipinski definition) is 2. The van der Waals surface area contributed by atoms with Gasteiger partial charge in [0.15, 0.2) is 0 Å². The Morgan fingerprint density at radius 3 is 2.90 bits per heavy atom. The molecule has 1 aliphatic heterocycles. The Balaban J connectivity index is 2.34. The number of piperazine rings is 1. The van der Waals surface area contributed by atoms with Gasteiger partial charge in [0.25, 0.3) is 0 Å². The predicted octanol–water partition coefficient (Wildman–Crippen LogP) is 1.59. The first-order chi connectivity index (χ1) is 9.54. The summed E-state index contributed by atoms with van der Waals surface area (Å²) < 4.78 is 0. The van der Waals surface area contributed by atoms with Crippen molar-refractivity contribution in [3.8, 4) is 0 Å². The summed E-state index contributed by atoms with van der Waals surface area (Å²) in [4.78, 5) is 14.2. The van der Waals surface area contributed by atoms with E-state index in [0.717, 1.165) is 13.0 Å². The van der Waals surface area contributed by atoms with Crippen molar-refractivity contribution in [3.05, 3.63) is 35.4 Å². The molecule has 0 spiro atoms. The Morgan fingerprint density at radius 1 is 1.50 bits per heavy atom. The molecule has 4 heteroatoms. The fraction of sp³-hybridized carbons (Fsp3) is 0.562. The van der Waals surface area contributed by atoms with Crippen molar-refractivity contribution in [1.82, 2.24) is 10.2 Å². The van der Waals surface area contributed by atoms with Gasteiger partial charge in [0, 0.05) is 19.1 Å². The normalized spacial score (nSPS) is 23.2. The third-order valence-electron chi connectivity index (χ3n) is 4.16. The lowest BCUT2D eigenvalue weighted by Crippen LogP contribution is -2.57. The molecular weight excluding hydrogens is 250 g/mol. The van der Waals surface area contributed by atoms with Gasteiger partial charge in [-0.2, -0.15) is 0 Å². The molecule has 0 radical (unpaired) electrons. The lowest BCUT2D eigenvalue weighted by Gasteiger charge is -2.41. The Morgan fingerprint density at radius 2 is 2.25 bits per heavy atom. The summed E-state index contributed by atoms with van der Waals surface area (Å²) in [5, 5.41) is 2.91. The van der Waals surface area contributed by atoms with Crippen molar-refractivity contribution in [2.75, 3.05) is 13.1 Å². The van der Waals surface area contributed by atoms with Gasteiger partial charge in [-0.1, -0.05) is 36.8 Å². The number of nitrogens with two attached hydrogens (primary N) is 1. The minimum atomic E-state index is -0.133. The van der Waals surface area contributed by atoms with E-state index in [2.05, 4.69) is 48.3 Å². The van der Waals surface area contributed by atoms with Crippen molar-refractivity contribution in [3.63, 3.8) is 0 Å². The van der Waals surface area contributed by atoms with Crippen molar-refractivity contribution in [2.45, 2.75) is 45.3 Å². The third-order valence-corrected chi connectivity index (χ3v) is 4.16. The van der Waals surface area contributed by atoms with E-state index in [1.165, 1.54) is 11.1 Å². The first-order valence-electron chi connectivity index (χ1n) is 7.40. The standard InChI is InChI=1S/C16H25N3O/c1-4-14(17)15(13-7-5-6-11(2)10-13)19-9-8-18-16(20)12(19)3/h5-7,10,12,14-15H,4,8-9,17H2,1-3H3,(H,18,20). The van der Waals surface area contributed by atoms with Gasteiger partial charge in [-0.25, -0.2) is 0 Å². The number of nitrogens with zero attached hydrogens (tertiary/aromatic N) is 1. The zero-order chi connectivity index (χ0) is 14.7. The van der Waals surface area contributed by atoms with Crippen LogP contribution >= 0.6 is 0 Å². The molecule has 0 aromatic heterocycles. The van der Waals surface area contributed by atoms with Crippen LogP contribution < -0.4 is 11.1 Å². The summed E-state index contributed by atoms with van der Waals surface area (Å²) in [7, 11) is 0. The molecule has 1 aromatic carbocycles. The van der Waals surface area contributed by atoms with Crippen LogP contribution in [0.2, 0.25) is 0 Å². The predicted molar refractivity (Wildman–Crippen MR) is 81.4 cm³/mol. The molecule has 0 saturated carbocycles. The maximum absolute atomic E-state index is 11.9. The van der Waals surface area contributed by atoms with Crippen LogP contribution in [0.25, 0.3) is 0 Å². The summed E-state index contributed by atoms with van der Waals surface area (Å²) in [6.07, 6.45) is 0.892. The van der Waals surface area contributed by atoms with E-state index in [1.807, 2.05) is 6.92 Å². The topological polar surface area (TPSA) is 58.4 Å². The molecule has 3 N–H and O–H groups in total. The van der Waals surface area contributed by atoms with Gasteiger partial charge in [-0.05, 0) is 25.8 Å². The van der Waals surface area contributed by atoms with Gasteiger partial charge in [-0.15, -0.1) is 0 Å². The largest absolute Gasteiger partial charge is 0.353 e. The minimum Gasteiger partial charge on any atom is -0.353 e. The highest BCUT2D eigenvalue weighted by molar-refractivity contribution is 5.82. The van der Waals surface area contributed by atoms with E-state index < -0.39 is 0 Å². The van der Waals surface area contributed by atoms with Gasteiger partial charge >= 0.3 is 0 Å². The van der Waals surface area contributed by atoms with Gasteiger partial charge < -0.3 is 11.1 Å². The summed E-state index contributed by atoms with van der Waals surface area (Å²) in [6.45, 7) is 7.69. The second-order valence-electron chi connectivity index (χ2n) is 5.64. The van der Waals surface area contributed by atoms with E-state index in [9.17, 15) is 4.79 Å². The Hall–Kier alpha value is -1.39. The lowest BCUT2D eigenvalue weighted by molar-refractivity contribution is -0.129. The second-order valence-corrected chi connectivity index (χ2v) is 5.64. The monoisotopic (exact) mass is 275 g/mol. The van der Waals surface area contributed by atoms with E-state index in [0.29, 0.717) is 6.54 Å². The molecule has 4 nitrogen and oxygen atoms in total. The zero-order valence-corrected chi connectivity index (χ0v) is 12.6. The third kappa shape index (κ3) is 3.02. The zero-order valence-electron chi connectivity index (χ0n) is 12.6. The molecule has 0 bridgehead atoms. The number of benzene rings is 1. The van der Waals surface area contributed by atoms with Crippen LogP contribution in [-0.2, 0) is 4.79 Å². The molecular formula is C16H25N3O. The Kier molecular flexibility index (Phi) is 4.78. The molecule has 0 aliphatic carbocycles. The average molecular weight is 275 g/mol. The summed E-state index contributed by atoms with van der Waals surface area (Å²) >= 11 is 0. The van der Waals surface area contributed by atoms with Crippen LogP contribution in [0.4, 0.5) is 0 Å². The number of carbonyl (C=O) groups is 1. The van der Waals surface area contributed by atoms with Crippen LogP contribution in [0.15, 0.2) is 24.3 Å². The van der Waals surface area contributed by atoms with Gasteiger partial charge in [0.2, 0.25) is 5.91 Å². The number of amides is 1. The summed E-state index contributed by atoms with van der Waals surface area (Å²) in [5.74, 6) is 0.0946. The highest BCUT2D eigenvalue weighted by Gasteiger charge is 2.34. The molecule has 110 valence electrons. The molecule has 1 heterocycles. The van der Waals surface area contributed by atoms with Crippen molar-refractivity contribution >= 4 is 5.91 Å². The molecule has 1 aromatic rings. The Labute approximate surface area is 121 Å². The Bertz CT molecular complexity index is 475. The maximum atomic E-state index is 11.9. The minimum absolute atomic E-state index is 0.0325. The molecule has 1 aliphatic rings. The highest BCUT2D eigenvalue weighted by atomic mass is 16.2. The molecule has 3 unspecified atom stereocenters. The second kappa shape index (κ2) is 6.37. The van der Waals surface area contributed by atoms with Crippen molar-refractivity contribution in [2.24, 2.45) is 5.73 Å². The number of carbonyl (C=O) groups excluding carboxylic acids is 1. The van der Waals surface area contributed by atoms with E-state index in [4.69, 9.17) is 5.73 Å². The molecule has 2 rings (SSSR count). The first kappa shape index (κ1) is 15.0. The number of hydrogen-bond acceptors (Lipinski definition) is 3. The SMILES string of the molecule is CCC(N)C(c1cccc(C)c1)N1CCNC(=O)C1C. The van der Waals surface area contributed by atoms with Crippen molar-refractivity contribution in [1.29, 1.82) is 0 Å². The quantitative estimate of drug-likeness (QED) is 0.877. The van der Waals surface area contributed by atoms with Crippen LogP contribution in [0.5, 0.6) is 0 Å². The molecule has 1 amide bonds. The highest BCUT2D eigenvalue weighted by Crippen LogP contribution is 2.28. The maximum Gasteiger partial charge on any atom is 0.237 e. The first-order valence-corrected chi connectivity index (χ1v) is 7.40. The van der Waals surface area contributed by atoms with Crippen molar-refractivity contribution < 1.29 is 4.79 Å². The number of rotatable bonds is 4. The van der Waals surface area contributed by atoms with Gasteiger partial charge in [0.05, 0.1) is 12.1 Å². The van der Waals surface area contributed by atoms with Gasteiger partial charge in [-0.3, -0.25) is 9.69 Å². The van der Waals surface area contributed by atoms with E-state index in [1.54, 1.807) is 0 Å².